The van der Waals surface area contributed by atoms with E-state index in [9.17, 15) is 13.2 Å². The zero-order valence-electron chi connectivity index (χ0n) is 14.3. The minimum Gasteiger partial charge on any atom is -0.489 e. The molecule has 0 saturated heterocycles. The molecule has 2 unspecified atom stereocenters. The van der Waals surface area contributed by atoms with E-state index in [2.05, 4.69) is 15.0 Å². The number of ether oxygens (including phenoxy) is 1. The van der Waals surface area contributed by atoms with E-state index in [1.807, 2.05) is 13.8 Å². The van der Waals surface area contributed by atoms with Crippen molar-refractivity contribution in [2.24, 2.45) is 5.92 Å². The van der Waals surface area contributed by atoms with Crippen LogP contribution in [0.2, 0.25) is 0 Å². The maximum Gasteiger partial charge on any atom is 0.252 e. The van der Waals surface area contributed by atoms with Crippen molar-refractivity contribution < 1.29 is 17.9 Å². The van der Waals surface area contributed by atoms with Gasteiger partial charge < -0.3 is 10.1 Å². The Morgan fingerprint density at radius 3 is 2.79 bits per heavy atom. The molecule has 1 saturated carbocycles. The molecule has 1 aromatic heterocycles. The Morgan fingerprint density at radius 2 is 2.12 bits per heavy atom. The van der Waals surface area contributed by atoms with Crippen LogP contribution >= 0.6 is 0 Å². The summed E-state index contributed by atoms with van der Waals surface area (Å²) in [7, 11) is -3.24. The highest BCUT2D eigenvalue weighted by Crippen LogP contribution is 2.25. The molecule has 0 spiro atoms. The average molecular weight is 355 g/mol. The zero-order valence-corrected chi connectivity index (χ0v) is 15.1. The predicted molar refractivity (Wildman–Crippen MR) is 91.4 cm³/mol. The maximum absolute atomic E-state index is 12.3. The summed E-state index contributed by atoms with van der Waals surface area (Å²) < 4.78 is 31.0. The van der Waals surface area contributed by atoms with E-state index in [0.717, 1.165) is 25.5 Å². The lowest BCUT2D eigenvalue weighted by molar-refractivity contribution is 0.0945. The maximum atomic E-state index is 12.3. The Bertz CT molecular complexity index is 676. The molecule has 1 aliphatic carbocycles. The van der Waals surface area contributed by atoms with Gasteiger partial charge in [-0.25, -0.2) is 13.1 Å². The molecule has 0 bridgehead atoms. The lowest BCUT2D eigenvalue weighted by Gasteiger charge is -2.20. The number of aromatic nitrogens is 1. The van der Waals surface area contributed by atoms with Crippen molar-refractivity contribution in [3.63, 3.8) is 0 Å². The number of nitrogens with zero attached hydrogens (tertiary/aromatic N) is 1. The van der Waals surface area contributed by atoms with Gasteiger partial charge in [-0.1, -0.05) is 6.42 Å². The van der Waals surface area contributed by atoms with E-state index < -0.39 is 10.0 Å². The van der Waals surface area contributed by atoms with E-state index in [0.29, 0.717) is 17.9 Å². The second-order valence-corrected chi connectivity index (χ2v) is 8.25. The van der Waals surface area contributed by atoms with Crippen LogP contribution in [0.25, 0.3) is 0 Å². The second-order valence-electron chi connectivity index (χ2n) is 6.47. The van der Waals surface area contributed by atoms with Crippen molar-refractivity contribution in [1.82, 2.24) is 15.0 Å². The van der Waals surface area contributed by atoms with Gasteiger partial charge in [0.1, 0.15) is 5.75 Å². The Morgan fingerprint density at radius 1 is 1.38 bits per heavy atom. The van der Waals surface area contributed by atoms with Crippen molar-refractivity contribution in [2.45, 2.75) is 45.3 Å². The van der Waals surface area contributed by atoms with Crippen LogP contribution < -0.4 is 14.8 Å². The molecule has 1 fully saturated rings. The highest BCUT2D eigenvalue weighted by molar-refractivity contribution is 7.88. The molecule has 1 heterocycles. The van der Waals surface area contributed by atoms with E-state index in [-0.39, 0.29) is 24.0 Å². The topological polar surface area (TPSA) is 97.4 Å². The number of hydrogen-bond acceptors (Lipinski definition) is 5. The van der Waals surface area contributed by atoms with Gasteiger partial charge in [-0.3, -0.25) is 9.78 Å². The standard InChI is InChI=1S/C16H25N3O4S/c1-11(2)23-14-7-13(8-17-10-14)16(20)18-9-12-5-4-6-15(12)19-24(3,21)22/h7-8,10-12,15,19H,4-6,9H2,1-3H3,(H,18,20). The number of pyridine rings is 1. The Labute approximate surface area is 143 Å². The van der Waals surface area contributed by atoms with E-state index in [1.165, 1.54) is 6.20 Å². The number of carbonyl (C=O) groups excluding carboxylic acids is 1. The molecular formula is C16H25N3O4S. The summed E-state index contributed by atoms with van der Waals surface area (Å²) >= 11 is 0. The molecule has 2 atom stereocenters. The summed E-state index contributed by atoms with van der Waals surface area (Å²) in [5.41, 5.74) is 0.429. The van der Waals surface area contributed by atoms with Gasteiger partial charge in [-0.05, 0) is 38.7 Å². The second kappa shape index (κ2) is 7.94. The Balaban J connectivity index is 1.93. The Hall–Kier alpha value is -1.67. The first-order chi connectivity index (χ1) is 11.2. The minimum atomic E-state index is -3.24. The van der Waals surface area contributed by atoms with Gasteiger partial charge in [0.05, 0.1) is 24.1 Å². The third-order valence-corrected chi connectivity index (χ3v) is 4.63. The molecule has 0 radical (unpaired) electrons. The first-order valence-corrected chi connectivity index (χ1v) is 10.0. The number of hydrogen-bond donors (Lipinski definition) is 2. The van der Waals surface area contributed by atoms with Crippen LogP contribution in [0.15, 0.2) is 18.5 Å². The highest BCUT2D eigenvalue weighted by atomic mass is 32.2. The van der Waals surface area contributed by atoms with Crippen LogP contribution in [-0.4, -0.2) is 44.3 Å². The van der Waals surface area contributed by atoms with Crippen LogP contribution in [0.5, 0.6) is 5.75 Å². The SMILES string of the molecule is CC(C)Oc1cncc(C(=O)NCC2CCCC2NS(C)(=O)=O)c1. The lowest BCUT2D eigenvalue weighted by atomic mass is 10.0. The molecular weight excluding hydrogens is 330 g/mol. The zero-order chi connectivity index (χ0) is 17.7. The average Bonchev–Trinajstić information content (AvgIpc) is 2.89. The molecule has 24 heavy (non-hydrogen) atoms. The normalized spacial score (nSPS) is 21.0. The van der Waals surface area contributed by atoms with E-state index in [1.54, 1.807) is 12.3 Å². The molecule has 0 aliphatic heterocycles. The third kappa shape index (κ3) is 5.76. The van der Waals surface area contributed by atoms with Crippen molar-refractivity contribution in [3.8, 4) is 5.75 Å². The summed E-state index contributed by atoms with van der Waals surface area (Å²) in [6, 6.07) is 1.54. The predicted octanol–water partition coefficient (Wildman–Crippen LogP) is 1.32. The van der Waals surface area contributed by atoms with E-state index >= 15 is 0 Å². The number of nitrogens with one attached hydrogen (secondary N) is 2. The van der Waals surface area contributed by atoms with E-state index in [4.69, 9.17) is 4.74 Å². The van der Waals surface area contributed by atoms with Gasteiger partial charge in [-0.15, -0.1) is 0 Å². The number of carbonyl (C=O) groups is 1. The molecule has 1 aromatic rings. The number of rotatable bonds is 7. The molecule has 0 aromatic carbocycles. The van der Waals surface area contributed by atoms with Crippen molar-refractivity contribution in [2.75, 3.05) is 12.8 Å². The number of sulfonamides is 1. The molecule has 1 aliphatic rings. The van der Waals surface area contributed by atoms with Crippen molar-refractivity contribution in [1.29, 1.82) is 0 Å². The van der Waals surface area contributed by atoms with Crippen LogP contribution in [0.4, 0.5) is 0 Å². The van der Waals surface area contributed by atoms with Crippen molar-refractivity contribution >= 4 is 15.9 Å². The van der Waals surface area contributed by atoms with Gasteiger partial charge in [0.25, 0.3) is 5.91 Å². The lowest BCUT2D eigenvalue weighted by Crippen LogP contribution is -2.41. The summed E-state index contributed by atoms with van der Waals surface area (Å²) in [4.78, 5) is 16.3. The van der Waals surface area contributed by atoms with Crippen molar-refractivity contribution in [3.05, 3.63) is 24.0 Å². The summed E-state index contributed by atoms with van der Waals surface area (Å²) in [6.07, 6.45) is 6.87. The van der Waals surface area contributed by atoms with Gasteiger partial charge >= 0.3 is 0 Å². The minimum absolute atomic E-state index is 0.00595. The Kier molecular flexibility index (Phi) is 6.17. The van der Waals surface area contributed by atoms with Gasteiger partial charge in [-0.2, -0.15) is 0 Å². The number of amides is 1. The molecule has 7 nitrogen and oxygen atoms in total. The molecule has 8 heteroatoms. The van der Waals surface area contributed by atoms with Gasteiger partial charge in [0.15, 0.2) is 0 Å². The van der Waals surface area contributed by atoms with Crippen LogP contribution in [0, 0.1) is 5.92 Å². The smallest absolute Gasteiger partial charge is 0.252 e. The molecule has 2 rings (SSSR count). The highest BCUT2D eigenvalue weighted by Gasteiger charge is 2.29. The monoisotopic (exact) mass is 355 g/mol. The quantitative estimate of drug-likeness (QED) is 0.769. The fourth-order valence-electron chi connectivity index (χ4n) is 2.92. The summed E-state index contributed by atoms with van der Waals surface area (Å²) in [5, 5.41) is 2.87. The van der Waals surface area contributed by atoms with Crippen LogP contribution in [0.1, 0.15) is 43.5 Å². The first-order valence-electron chi connectivity index (χ1n) is 8.12. The third-order valence-electron chi connectivity index (χ3n) is 3.90. The summed E-state index contributed by atoms with van der Waals surface area (Å²) in [5.74, 6) is 0.420. The van der Waals surface area contributed by atoms with Crippen LogP contribution in [-0.2, 0) is 10.0 Å². The fraction of sp³-hybridized carbons (Fsp3) is 0.625. The fourth-order valence-corrected chi connectivity index (χ4v) is 3.78. The first kappa shape index (κ1) is 18.7. The van der Waals surface area contributed by atoms with Gasteiger partial charge in [0, 0.05) is 18.8 Å². The molecule has 134 valence electrons. The van der Waals surface area contributed by atoms with Gasteiger partial charge in [0.2, 0.25) is 10.0 Å². The molecule has 2 N–H and O–H groups in total. The molecule has 1 amide bonds. The van der Waals surface area contributed by atoms with Crippen LogP contribution in [0.3, 0.4) is 0 Å². The largest absolute Gasteiger partial charge is 0.489 e. The summed E-state index contributed by atoms with van der Waals surface area (Å²) in [6.45, 7) is 4.24.